The number of ether oxygens (including phenoxy) is 1. The summed E-state index contributed by atoms with van der Waals surface area (Å²) in [5.74, 6) is 1.25. The summed E-state index contributed by atoms with van der Waals surface area (Å²) in [5.41, 5.74) is 1.15. The Bertz CT molecular complexity index is 709. The highest BCUT2D eigenvalue weighted by molar-refractivity contribution is 5.87. The molecule has 4 nitrogen and oxygen atoms in total. The summed E-state index contributed by atoms with van der Waals surface area (Å²) >= 11 is 0. The van der Waals surface area contributed by atoms with E-state index in [0.717, 1.165) is 41.3 Å². The average molecular weight is 327 g/mol. The molecule has 2 N–H and O–H groups in total. The lowest BCUT2D eigenvalue weighted by Crippen LogP contribution is -2.37. The van der Waals surface area contributed by atoms with E-state index in [1.54, 1.807) is 7.11 Å². The first kappa shape index (κ1) is 16.8. The first-order valence-corrected chi connectivity index (χ1v) is 8.68. The van der Waals surface area contributed by atoms with Gasteiger partial charge in [0, 0.05) is 25.0 Å². The zero-order valence-corrected chi connectivity index (χ0v) is 14.1. The van der Waals surface area contributed by atoms with Crippen LogP contribution in [-0.4, -0.2) is 31.3 Å². The lowest BCUT2D eigenvalue weighted by atomic mass is 9.84. The number of carbonyl (C=O) groups excluding carboxylic acids is 1. The molecule has 4 heteroatoms. The average Bonchev–Trinajstić information content (AvgIpc) is 2.56. The van der Waals surface area contributed by atoms with E-state index in [2.05, 4.69) is 17.4 Å². The maximum absolute atomic E-state index is 12.1. The number of benzene rings is 2. The van der Waals surface area contributed by atoms with E-state index in [1.807, 2.05) is 24.3 Å². The van der Waals surface area contributed by atoms with Gasteiger partial charge in [0.1, 0.15) is 5.75 Å². The third-order valence-electron chi connectivity index (χ3n) is 5.04. The van der Waals surface area contributed by atoms with Gasteiger partial charge in [-0.1, -0.05) is 30.7 Å². The van der Waals surface area contributed by atoms with Crippen molar-refractivity contribution in [2.45, 2.75) is 31.6 Å². The Morgan fingerprint density at radius 1 is 1.33 bits per heavy atom. The molecule has 24 heavy (non-hydrogen) atoms. The third kappa shape index (κ3) is 3.54. The summed E-state index contributed by atoms with van der Waals surface area (Å²) in [5, 5.41) is 14.8. The van der Waals surface area contributed by atoms with Gasteiger partial charge in [-0.3, -0.25) is 4.79 Å². The van der Waals surface area contributed by atoms with Gasteiger partial charge in [0.25, 0.3) is 0 Å². The van der Waals surface area contributed by atoms with E-state index in [1.165, 1.54) is 0 Å². The number of hydrogen-bond donors (Lipinski definition) is 2. The summed E-state index contributed by atoms with van der Waals surface area (Å²) in [6, 6.07) is 12.2. The largest absolute Gasteiger partial charge is 0.497 e. The predicted molar refractivity (Wildman–Crippen MR) is 95.3 cm³/mol. The molecule has 2 aromatic rings. The molecular weight excluding hydrogens is 302 g/mol. The van der Waals surface area contributed by atoms with Crippen molar-refractivity contribution >= 4 is 16.7 Å². The van der Waals surface area contributed by atoms with Crippen molar-refractivity contribution in [2.24, 2.45) is 5.92 Å². The zero-order valence-electron chi connectivity index (χ0n) is 14.1. The second-order valence-corrected chi connectivity index (χ2v) is 6.52. The predicted octanol–water partition coefficient (Wildman–Crippen LogP) is 3.23. The molecule has 2 aromatic carbocycles. The highest BCUT2D eigenvalue weighted by atomic mass is 16.5. The third-order valence-corrected chi connectivity index (χ3v) is 5.04. The molecule has 0 radical (unpaired) electrons. The second-order valence-electron chi connectivity index (χ2n) is 6.52. The van der Waals surface area contributed by atoms with Gasteiger partial charge < -0.3 is 15.2 Å². The second kappa shape index (κ2) is 7.67. The van der Waals surface area contributed by atoms with Crippen LogP contribution in [-0.2, 0) is 4.79 Å². The summed E-state index contributed by atoms with van der Waals surface area (Å²) < 4.78 is 5.35. The fraction of sp³-hybridized carbons (Fsp3) is 0.450. The molecule has 0 spiro atoms. The lowest BCUT2D eigenvalue weighted by molar-refractivity contribution is -0.127. The summed E-state index contributed by atoms with van der Waals surface area (Å²) in [4.78, 5) is 12.1. The van der Waals surface area contributed by atoms with Crippen molar-refractivity contribution in [3.8, 4) is 5.75 Å². The summed E-state index contributed by atoms with van der Waals surface area (Å²) in [6.07, 6.45) is 3.78. The standard InChI is InChI=1S/C20H25NO3/c1-24-17-9-8-14-4-3-7-18(19(14)12-17)16(10-11-22)13-21-20(23)15-5-2-6-15/h3-4,7-9,12,15-16,22H,2,5-6,10-11,13H2,1H3,(H,21,23). The van der Waals surface area contributed by atoms with Crippen LogP contribution >= 0.6 is 0 Å². The maximum Gasteiger partial charge on any atom is 0.223 e. The van der Waals surface area contributed by atoms with Crippen LogP contribution in [0.1, 0.15) is 37.2 Å². The fourth-order valence-corrected chi connectivity index (χ4v) is 3.32. The molecule has 0 aliphatic heterocycles. The molecule has 1 amide bonds. The van der Waals surface area contributed by atoms with Gasteiger partial charge >= 0.3 is 0 Å². The number of amides is 1. The molecular formula is C20H25NO3. The number of carbonyl (C=O) groups is 1. The van der Waals surface area contributed by atoms with Crippen LogP contribution in [0.4, 0.5) is 0 Å². The minimum Gasteiger partial charge on any atom is -0.497 e. The first-order chi connectivity index (χ1) is 11.7. The Morgan fingerprint density at radius 3 is 2.83 bits per heavy atom. The first-order valence-electron chi connectivity index (χ1n) is 8.68. The molecule has 3 rings (SSSR count). The van der Waals surface area contributed by atoms with Gasteiger partial charge in [0.05, 0.1) is 7.11 Å². The quantitative estimate of drug-likeness (QED) is 0.821. The number of aliphatic hydroxyl groups is 1. The Morgan fingerprint density at radius 2 is 2.17 bits per heavy atom. The van der Waals surface area contributed by atoms with Gasteiger partial charge in [-0.05, 0) is 47.7 Å². The van der Waals surface area contributed by atoms with E-state index < -0.39 is 0 Å². The minimum atomic E-state index is 0.0924. The van der Waals surface area contributed by atoms with Gasteiger partial charge in [-0.2, -0.15) is 0 Å². The van der Waals surface area contributed by atoms with Crippen LogP contribution in [0.3, 0.4) is 0 Å². The Hall–Kier alpha value is -2.07. The number of hydrogen-bond acceptors (Lipinski definition) is 3. The molecule has 0 heterocycles. The number of aliphatic hydroxyl groups excluding tert-OH is 1. The number of nitrogens with one attached hydrogen (secondary N) is 1. The Labute approximate surface area is 142 Å². The van der Waals surface area contributed by atoms with Crippen molar-refractivity contribution < 1.29 is 14.6 Å². The highest BCUT2D eigenvalue weighted by Gasteiger charge is 2.25. The lowest BCUT2D eigenvalue weighted by Gasteiger charge is -2.26. The highest BCUT2D eigenvalue weighted by Crippen LogP contribution is 2.31. The van der Waals surface area contributed by atoms with Crippen molar-refractivity contribution in [2.75, 3.05) is 20.3 Å². The monoisotopic (exact) mass is 327 g/mol. The van der Waals surface area contributed by atoms with Gasteiger partial charge in [0.2, 0.25) is 5.91 Å². The molecule has 128 valence electrons. The van der Waals surface area contributed by atoms with Crippen molar-refractivity contribution in [1.82, 2.24) is 5.32 Å². The molecule has 1 unspecified atom stereocenters. The zero-order chi connectivity index (χ0) is 16.9. The van der Waals surface area contributed by atoms with E-state index in [4.69, 9.17) is 4.74 Å². The van der Waals surface area contributed by atoms with Crippen LogP contribution in [0, 0.1) is 5.92 Å². The van der Waals surface area contributed by atoms with Crippen molar-refractivity contribution in [3.05, 3.63) is 42.0 Å². The molecule has 0 aromatic heterocycles. The molecule has 1 saturated carbocycles. The number of methoxy groups -OCH3 is 1. The molecule has 0 bridgehead atoms. The normalized spacial score (nSPS) is 15.8. The van der Waals surface area contributed by atoms with Gasteiger partial charge in [-0.15, -0.1) is 0 Å². The van der Waals surface area contributed by atoms with Crippen LogP contribution in [0.5, 0.6) is 5.75 Å². The van der Waals surface area contributed by atoms with Crippen molar-refractivity contribution in [1.29, 1.82) is 0 Å². The van der Waals surface area contributed by atoms with E-state index in [0.29, 0.717) is 13.0 Å². The van der Waals surface area contributed by atoms with Crippen LogP contribution in [0.15, 0.2) is 36.4 Å². The van der Waals surface area contributed by atoms with Crippen LogP contribution < -0.4 is 10.1 Å². The van der Waals surface area contributed by atoms with Gasteiger partial charge in [0.15, 0.2) is 0 Å². The summed E-state index contributed by atoms with van der Waals surface area (Å²) in [7, 11) is 1.66. The minimum absolute atomic E-state index is 0.0924. The molecule has 1 aliphatic rings. The van der Waals surface area contributed by atoms with Crippen LogP contribution in [0.25, 0.3) is 10.8 Å². The SMILES string of the molecule is COc1ccc2cccc(C(CCO)CNC(=O)C3CCC3)c2c1. The Balaban J connectivity index is 1.84. The molecule has 1 atom stereocenters. The number of fused-ring (bicyclic) bond motifs is 1. The van der Waals surface area contributed by atoms with E-state index in [9.17, 15) is 9.90 Å². The fourth-order valence-electron chi connectivity index (χ4n) is 3.32. The Kier molecular flexibility index (Phi) is 5.36. The number of rotatable bonds is 7. The van der Waals surface area contributed by atoms with Gasteiger partial charge in [-0.25, -0.2) is 0 Å². The van der Waals surface area contributed by atoms with Crippen LogP contribution in [0.2, 0.25) is 0 Å². The molecule has 1 aliphatic carbocycles. The summed E-state index contributed by atoms with van der Waals surface area (Å²) in [6.45, 7) is 0.663. The van der Waals surface area contributed by atoms with E-state index in [-0.39, 0.29) is 24.3 Å². The van der Waals surface area contributed by atoms with E-state index >= 15 is 0 Å². The topological polar surface area (TPSA) is 58.6 Å². The smallest absolute Gasteiger partial charge is 0.223 e. The molecule has 0 saturated heterocycles. The maximum atomic E-state index is 12.1. The van der Waals surface area contributed by atoms with Crippen molar-refractivity contribution in [3.63, 3.8) is 0 Å². The molecule has 1 fully saturated rings.